The molecule has 1 fully saturated rings. The minimum Gasteiger partial charge on any atom is -0.480 e. The van der Waals surface area contributed by atoms with E-state index in [2.05, 4.69) is 0 Å². The average molecular weight is 343 g/mol. The quantitative estimate of drug-likeness (QED) is 0.824. The summed E-state index contributed by atoms with van der Waals surface area (Å²) >= 11 is 0. The number of nitrogens with zero attached hydrogens (tertiary/aromatic N) is 1. The van der Waals surface area contributed by atoms with Gasteiger partial charge in [-0.1, -0.05) is 18.2 Å². The van der Waals surface area contributed by atoms with Gasteiger partial charge in [0.1, 0.15) is 6.04 Å². The lowest BCUT2D eigenvalue weighted by Crippen LogP contribution is -2.44. The summed E-state index contributed by atoms with van der Waals surface area (Å²) in [5.74, 6) is -1.30. The number of halogens is 3. The number of carboxylic acid groups (broad SMARTS) is 1. The Kier molecular flexibility index (Phi) is 5.51. The molecule has 0 saturated heterocycles. The molecule has 0 aliphatic heterocycles. The molecule has 0 heterocycles. The molecule has 1 atom stereocenters. The first-order chi connectivity index (χ1) is 11.2. The maximum atomic E-state index is 12.7. The van der Waals surface area contributed by atoms with Gasteiger partial charge in [-0.3, -0.25) is 4.79 Å². The Balaban J connectivity index is 1.91. The van der Waals surface area contributed by atoms with Gasteiger partial charge in [0, 0.05) is 12.5 Å². The first-order valence-electron chi connectivity index (χ1n) is 7.90. The summed E-state index contributed by atoms with van der Waals surface area (Å²) in [6.07, 6.45) is -1.92. The Labute approximate surface area is 138 Å². The minimum atomic E-state index is -4.38. The third kappa shape index (κ3) is 4.72. The molecule has 1 N–H and O–H groups in total. The predicted molar refractivity (Wildman–Crippen MR) is 81.3 cm³/mol. The fourth-order valence-corrected chi connectivity index (χ4v) is 2.68. The molecular weight excluding hydrogens is 323 g/mol. The number of alkyl halides is 3. The van der Waals surface area contributed by atoms with E-state index in [-0.39, 0.29) is 18.4 Å². The number of carboxylic acids is 1. The Morgan fingerprint density at radius 2 is 2.00 bits per heavy atom. The maximum absolute atomic E-state index is 12.7. The molecule has 2 rings (SSSR count). The molecule has 0 bridgehead atoms. The van der Waals surface area contributed by atoms with E-state index in [0.717, 1.165) is 25.0 Å². The highest BCUT2D eigenvalue weighted by Crippen LogP contribution is 2.31. The van der Waals surface area contributed by atoms with Crippen molar-refractivity contribution in [1.29, 1.82) is 0 Å². The van der Waals surface area contributed by atoms with E-state index in [4.69, 9.17) is 5.11 Å². The van der Waals surface area contributed by atoms with Crippen LogP contribution in [0, 0.1) is 0 Å². The summed E-state index contributed by atoms with van der Waals surface area (Å²) in [6, 6.07) is 4.15. The topological polar surface area (TPSA) is 57.6 Å². The molecule has 1 unspecified atom stereocenters. The molecule has 1 aliphatic rings. The van der Waals surface area contributed by atoms with E-state index < -0.39 is 23.8 Å². The molecule has 132 valence electrons. The van der Waals surface area contributed by atoms with Crippen LogP contribution >= 0.6 is 0 Å². The maximum Gasteiger partial charge on any atom is 0.416 e. The van der Waals surface area contributed by atoms with Crippen molar-refractivity contribution in [3.8, 4) is 0 Å². The number of hydrogen-bond donors (Lipinski definition) is 1. The van der Waals surface area contributed by atoms with Gasteiger partial charge < -0.3 is 10.0 Å². The van der Waals surface area contributed by atoms with Crippen molar-refractivity contribution in [2.75, 3.05) is 0 Å². The summed E-state index contributed by atoms with van der Waals surface area (Å²) in [7, 11) is 0. The van der Waals surface area contributed by atoms with Gasteiger partial charge in [-0.2, -0.15) is 13.2 Å². The second-order valence-corrected chi connectivity index (χ2v) is 6.10. The van der Waals surface area contributed by atoms with Gasteiger partial charge in [0.25, 0.3) is 0 Å². The number of aryl methyl sites for hydroxylation is 1. The SMILES string of the molecule is CC(C(=O)O)N(C(=O)CCCc1cccc(C(F)(F)F)c1)C1CC1. The van der Waals surface area contributed by atoms with Gasteiger partial charge in [-0.15, -0.1) is 0 Å². The van der Waals surface area contributed by atoms with Crippen LogP contribution in [0.3, 0.4) is 0 Å². The van der Waals surface area contributed by atoms with E-state index in [1.165, 1.54) is 17.9 Å². The number of carbonyl (C=O) groups is 2. The smallest absolute Gasteiger partial charge is 0.416 e. The van der Waals surface area contributed by atoms with E-state index in [1.807, 2.05) is 0 Å². The highest BCUT2D eigenvalue weighted by Gasteiger charge is 2.37. The van der Waals surface area contributed by atoms with Gasteiger partial charge >= 0.3 is 12.1 Å². The number of rotatable bonds is 7. The summed E-state index contributed by atoms with van der Waals surface area (Å²) in [5, 5.41) is 9.09. The van der Waals surface area contributed by atoms with Crippen molar-refractivity contribution in [3.05, 3.63) is 35.4 Å². The summed E-state index contributed by atoms with van der Waals surface area (Å²) < 4.78 is 38.0. The number of hydrogen-bond acceptors (Lipinski definition) is 2. The molecule has 0 radical (unpaired) electrons. The van der Waals surface area contributed by atoms with Crippen molar-refractivity contribution >= 4 is 11.9 Å². The Morgan fingerprint density at radius 1 is 1.33 bits per heavy atom. The van der Waals surface area contributed by atoms with Crippen LogP contribution in [0.1, 0.15) is 43.7 Å². The van der Waals surface area contributed by atoms with E-state index in [9.17, 15) is 22.8 Å². The minimum absolute atomic E-state index is 0.0165. The third-order valence-electron chi connectivity index (χ3n) is 4.11. The molecule has 4 nitrogen and oxygen atoms in total. The highest BCUT2D eigenvalue weighted by atomic mass is 19.4. The molecule has 1 amide bonds. The van der Waals surface area contributed by atoms with Crippen LogP contribution in [0.2, 0.25) is 0 Å². The number of amides is 1. The summed E-state index contributed by atoms with van der Waals surface area (Å²) in [6.45, 7) is 1.48. The lowest BCUT2D eigenvalue weighted by molar-refractivity contribution is -0.150. The van der Waals surface area contributed by atoms with Gasteiger partial charge in [-0.25, -0.2) is 4.79 Å². The highest BCUT2D eigenvalue weighted by molar-refractivity contribution is 5.84. The van der Waals surface area contributed by atoms with Crippen molar-refractivity contribution in [3.63, 3.8) is 0 Å². The first kappa shape index (κ1) is 18.3. The zero-order valence-corrected chi connectivity index (χ0v) is 13.3. The Bertz CT molecular complexity index is 611. The van der Waals surface area contributed by atoms with Crippen LogP contribution in [0.5, 0.6) is 0 Å². The fraction of sp³-hybridized carbons (Fsp3) is 0.529. The fourth-order valence-electron chi connectivity index (χ4n) is 2.68. The van der Waals surface area contributed by atoms with Crippen LogP contribution < -0.4 is 0 Å². The second-order valence-electron chi connectivity index (χ2n) is 6.10. The molecule has 7 heteroatoms. The van der Waals surface area contributed by atoms with E-state index in [0.29, 0.717) is 18.4 Å². The predicted octanol–water partition coefficient (Wildman–Crippen LogP) is 3.49. The van der Waals surface area contributed by atoms with Gasteiger partial charge in [0.15, 0.2) is 0 Å². The van der Waals surface area contributed by atoms with Crippen molar-refractivity contribution in [1.82, 2.24) is 4.90 Å². The first-order valence-corrected chi connectivity index (χ1v) is 7.90. The molecule has 0 spiro atoms. The van der Waals surface area contributed by atoms with E-state index in [1.54, 1.807) is 6.07 Å². The van der Waals surface area contributed by atoms with Gasteiger partial charge in [-0.05, 0) is 44.2 Å². The second kappa shape index (κ2) is 7.23. The van der Waals surface area contributed by atoms with Gasteiger partial charge in [0.05, 0.1) is 5.56 Å². The van der Waals surface area contributed by atoms with Crippen molar-refractivity contribution < 1.29 is 27.9 Å². The molecule has 1 aromatic carbocycles. The number of aliphatic carboxylic acids is 1. The van der Waals surface area contributed by atoms with Gasteiger partial charge in [0.2, 0.25) is 5.91 Å². The zero-order valence-electron chi connectivity index (χ0n) is 13.3. The molecule has 1 saturated carbocycles. The Hall–Kier alpha value is -2.05. The lowest BCUT2D eigenvalue weighted by Gasteiger charge is -2.26. The standard InChI is InChI=1S/C17H20F3NO3/c1-11(16(23)24)21(14-8-9-14)15(22)7-3-5-12-4-2-6-13(10-12)17(18,19)20/h2,4,6,10-11,14H,3,5,7-9H2,1H3,(H,23,24). The van der Waals surface area contributed by atoms with Crippen molar-refractivity contribution in [2.45, 2.75) is 57.3 Å². The van der Waals surface area contributed by atoms with Crippen LogP contribution in [0.15, 0.2) is 24.3 Å². The monoisotopic (exact) mass is 343 g/mol. The summed E-state index contributed by atoms with van der Waals surface area (Å²) in [4.78, 5) is 24.8. The Morgan fingerprint density at radius 3 is 2.54 bits per heavy atom. The largest absolute Gasteiger partial charge is 0.480 e. The van der Waals surface area contributed by atoms with Crippen LogP contribution in [0.4, 0.5) is 13.2 Å². The number of benzene rings is 1. The van der Waals surface area contributed by atoms with Crippen LogP contribution in [0.25, 0.3) is 0 Å². The van der Waals surface area contributed by atoms with Crippen LogP contribution in [-0.4, -0.2) is 34.0 Å². The molecule has 1 aromatic rings. The third-order valence-corrected chi connectivity index (χ3v) is 4.11. The molecule has 0 aromatic heterocycles. The molecule has 1 aliphatic carbocycles. The van der Waals surface area contributed by atoms with Crippen molar-refractivity contribution in [2.24, 2.45) is 0 Å². The number of carbonyl (C=O) groups excluding carboxylic acids is 1. The average Bonchev–Trinajstić information content (AvgIpc) is 3.31. The zero-order chi connectivity index (χ0) is 17.9. The normalized spacial score (nSPS) is 15.8. The molecular formula is C17H20F3NO3. The van der Waals surface area contributed by atoms with E-state index >= 15 is 0 Å². The molecule has 24 heavy (non-hydrogen) atoms. The van der Waals surface area contributed by atoms with Crippen LogP contribution in [-0.2, 0) is 22.2 Å². The summed E-state index contributed by atoms with van der Waals surface area (Å²) in [5.41, 5.74) is -0.188. The lowest BCUT2D eigenvalue weighted by atomic mass is 10.0.